The van der Waals surface area contributed by atoms with Crippen LogP contribution >= 0.6 is 0 Å². The van der Waals surface area contributed by atoms with Crippen LogP contribution in [0.5, 0.6) is 0 Å². The summed E-state index contributed by atoms with van der Waals surface area (Å²) < 4.78 is 14.4. The first kappa shape index (κ1) is 20.5. The monoisotopic (exact) mass is 393 g/mol. The lowest BCUT2D eigenvalue weighted by Crippen LogP contribution is -2.23. The fraction of sp³-hybridized carbons (Fsp3) is 0.261. The van der Waals surface area contributed by atoms with Gasteiger partial charge in [0.2, 0.25) is 5.91 Å². The van der Waals surface area contributed by atoms with E-state index >= 15 is 0 Å². The number of hydrogen-bond acceptors (Lipinski definition) is 3. The zero-order chi connectivity index (χ0) is 20.8. The fourth-order valence-corrected chi connectivity index (χ4v) is 2.95. The summed E-state index contributed by atoms with van der Waals surface area (Å²) in [6.45, 7) is 4.57. The summed E-state index contributed by atoms with van der Waals surface area (Å²) >= 11 is 0. The highest BCUT2D eigenvalue weighted by Crippen LogP contribution is 2.18. The number of anilines is 1. The Kier molecular flexibility index (Phi) is 6.54. The molecule has 0 aliphatic rings. The van der Waals surface area contributed by atoms with Crippen LogP contribution in [0.2, 0.25) is 0 Å². The van der Waals surface area contributed by atoms with Gasteiger partial charge in [-0.2, -0.15) is 5.10 Å². The van der Waals surface area contributed by atoms with Gasteiger partial charge in [0.15, 0.2) is 0 Å². The van der Waals surface area contributed by atoms with Crippen molar-refractivity contribution in [2.45, 2.75) is 39.2 Å². The molecule has 2 aromatic carbocycles. The predicted octanol–water partition coefficient (Wildman–Crippen LogP) is 4.59. The highest BCUT2D eigenvalue weighted by atomic mass is 19.1. The van der Waals surface area contributed by atoms with Gasteiger partial charge in [-0.3, -0.25) is 9.59 Å². The average Bonchev–Trinajstić information content (AvgIpc) is 2.70. The molecule has 0 aliphatic carbocycles. The number of carbonyl (C=O) groups is 1. The van der Waals surface area contributed by atoms with Crippen LogP contribution in [0.1, 0.15) is 38.2 Å². The Hall–Kier alpha value is -3.28. The van der Waals surface area contributed by atoms with Crippen molar-refractivity contribution in [3.8, 4) is 11.3 Å². The van der Waals surface area contributed by atoms with Crippen molar-refractivity contribution in [3.05, 3.63) is 82.4 Å². The van der Waals surface area contributed by atoms with E-state index in [4.69, 9.17) is 0 Å². The molecule has 3 rings (SSSR count). The molecule has 0 spiro atoms. The number of benzene rings is 2. The molecule has 150 valence electrons. The van der Waals surface area contributed by atoms with Gasteiger partial charge in [0.25, 0.3) is 5.56 Å². The Balaban J connectivity index is 1.57. The third-order valence-corrected chi connectivity index (χ3v) is 4.64. The number of rotatable bonds is 7. The zero-order valence-corrected chi connectivity index (χ0v) is 16.6. The highest BCUT2D eigenvalue weighted by Gasteiger charge is 2.07. The third kappa shape index (κ3) is 5.60. The number of aryl methyl sites for hydroxylation is 1. The molecule has 0 atom stereocenters. The molecule has 1 heterocycles. The summed E-state index contributed by atoms with van der Waals surface area (Å²) in [6, 6.07) is 16.8. The van der Waals surface area contributed by atoms with Gasteiger partial charge in [-0.1, -0.05) is 26.0 Å². The lowest BCUT2D eigenvalue weighted by molar-refractivity contribution is -0.116. The van der Waals surface area contributed by atoms with Crippen LogP contribution in [0.3, 0.4) is 0 Å². The smallest absolute Gasteiger partial charge is 0.266 e. The zero-order valence-electron chi connectivity index (χ0n) is 16.6. The van der Waals surface area contributed by atoms with Crippen molar-refractivity contribution in [2.24, 2.45) is 0 Å². The number of carbonyl (C=O) groups excluding carboxylic acids is 1. The number of amides is 1. The summed E-state index contributed by atoms with van der Waals surface area (Å²) in [6.07, 6.45) is 0.760. The van der Waals surface area contributed by atoms with E-state index in [0.717, 1.165) is 11.3 Å². The van der Waals surface area contributed by atoms with E-state index < -0.39 is 0 Å². The largest absolute Gasteiger partial charge is 0.326 e. The molecule has 0 radical (unpaired) electrons. The van der Waals surface area contributed by atoms with E-state index in [2.05, 4.69) is 24.3 Å². The van der Waals surface area contributed by atoms with Crippen molar-refractivity contribution in [1.82, 2.24) is 9.78 Å². The Labute approximate surface area is 169 Å². The maximum Gasteiger partial charge on any atom is 0.266 e. The summed E-state index contributed by atoms with van der Waals surface area (Å²) in [4.78, 5) is 24.2. The minimum absolute atomic E-state index is 0.106. The van der Waals surface area contributed by atoms with Crippen molar-refractivity contribution in [1.29, 1.82) is 0 Å². The molecule has 6 heteroatoms. The van der Waals surface area contributed by atoms with Gasteiger partial charge < -0.3 is 5.32 Å². The Morgan fingerprint density at radius 1 is 1.03 bits per heavy atom. The van der Waals surface area contributed by atoms with Crippen LogP contribution < -0.4 is 10.9 Å². The molecule has 0 unspecified atom stereocenters. The molecule has 0 saturated heterocycles. The van der Waals surface area contributed by atoms with E-state index in [1.54, 1.807) is 18.2 Å². The number of aromatic nitrogens is 2. The van der Waals surface area contributed by atoms with Gasteiger partial charge in [-0.25, -0.2) is 9.07 Å². The van der Waals surface area contributed by atoms with Crippen molar-refractivity contribution < 1.29 is 9.18 Å². The first-order valence-electron chi connectivity index (χ1n) is 9.66. The normalized spacial score (nSPS) is 10.9. The third-order valence-electron chi connectivity index (χ3n) is 4.64. The summed E-state index contributed by atoms with van der Waals surface area (Å²) in [5, 5.41) is 7.20. The Morgan fingerprint density at radius 2 is 1.72 bits per heavy atom. The lowest BCUT2D eigenvalue weighted by Gasteiger charge is -2.09. The first-order chi connectivity index (χ1) is 13.9. The van der Waals surface area contributed by atoms with Gasteiger partial charge in [0, 0.05) is 30.3 Å². The van der Waals surface area contributed by atoms with Gasteiger partial charge >= 0.3 is 0 Å². The number of halogens is 1. The molecular formula is C23H24FN3O2. The molecule has 5 nitrogen and oxygen atoms in total. The molecule has 0 aliphatic heterocycles. The van der Waals surface area contributed by atoms with E-state index in [-0.39, 0.29) is 23.7 Å². The molecule has 0 saturated carbocycles. The standard InChI is InChI=1S/C23H24FN3O2/c1-16(2)17-7-11-20(12-8-17)25-22(28)4-3-15-27-23(29)14-13-21(26-27)18-5-9-19(24)10-6-18/h5-14,16H,3-4,15H2,1-2H3,(H,25,28). The molecular weight excluding hydrogens is 369 g/mol. The number of nitrogens with zero attached hydrogens (tertiary/aromatic N) is 2. The SMILES string of the molecule is CC(C)c1ccc(NC(=O)CCCn2nc(-c3ccc(F)cc3)ccc2=O)cc1. The van der Waals surface area contributed by atoms with E-state index in [0.29, 0.717) is 24.6 Å². The molecule has 3 aromatic rings. The van der Waals surface area contributed by atoms with Crippen molar-refractivity contribution in [3.63, 3.8) is 0 Å². The second-order valence-corrected chi connectivity index (χ2v) is 7.22. The van der Waals surface area contributed by atoms with Gasteiger partial charge in [0.05, 0.1) is 5.69 Å². The minimum atomic E-state index is -0.327. The Morgan fingerprint density at radius 3 is 2.38 bits per heavy atom. The second kappa shape index (κ2) is 9.28. The van der Waals surface area contributed by atoms with Gasteiger partial charge in [-0.15, -0.1) is 0 Å². The van der Waals surface area contributed by atoms with Crippen LogP contribution in [-0.4, -0.2) is 15.7 Å². The second-order valence-electron chi connectivity index (χ2n) is 7.22. The van der Waals surface area contributed by atoms with Crippen LogP contribution in [0.25, 0.3) is 11.3 Å². The topological polar surface area (TPSA) is 64.0 Å². The van der Waals surface area contributed by atoms with Crippen molar-refractivity contribution in [2.75, 3.05) is 5.32 Å². The summed E-state index contributed by atoms with van der Waals surface area (Å²) in [5.41, 5.74) is 3.05. The molecule has 1 amide bonds. The average molecular weight is 393 g/mol. The van der Waals surface area contributed by atoms with E-state index in [1.807, 2.05) is 24.3 Å². The Bertz CT molecular complexity index is 1030. The number of nitrogens with one attached hydrogen (secondary N) is 1. The molecule has 0 bridgehead atoms. The van der Waals surface area contributed by atoms with Crippen LogP contribution in [-0.2, 0) is 11.3 Å². The summed E-state index contributed by atoms with van der Waals surface area (Å²) in [7, 11) is 0. The first-order valence-corrected chi connectivity index (χ1v) is 9.66. The van der Waals surface area contributed by atoms with Crippen LogP contribution in [0.15, 0.2) is 65.5 Å². The predicted molar refractivity (Wildman–Crippen MR) is 112 cm³/mol. The van der Waals surface area contributed by atoms with Crippen LogP contribution in [0, 0.1) is 5.82 Å². The molecule has 1 aromatic heterocycles. The van der Waals surface area contributed by atoms with E-state index in [1.165, 1.54) is 28.4 Å². The van der Waals surface area contributed by atoms with Crippen LogP contribution in [0.4, 0.5) is 10.1 Å². The molecule has 1 N–H and O–H groups in total. The van der Waals surface area contributed by atoms with Gasteiger partial charge in [-0.05, 0) is 60.4 Å². The van der Waals surface area contributed by atoms with Crippen molar-refractivity contribution >= 4 is 11.6 Å². The van der Waals surface area contributed by atoms with E-state index in [9.17, 15) is 14.0 Å². The minimum Gasteiger partial charge on any atom is -0.326 e. The molecule has 0 fully saturated rings. The maximum atomic E-state index is 13.1. The highest BCUT2D eigenvalue weighted by molar-refractivity contribution is 5.90. The number of hydrogen-bond donors (Lipinski definition) is 1. The van der Waals surface area contributed by atoms with Gasteiger partial charge in [0.1, 0.15) is 5.82 Å². The summed E-state index contributed by atoms with van der Waals surface area (Å²) in [5.74, 6) is 0.00759. The fourth-order valence-electron chi connectivity index (χ4n) is 2.95. The maximum absolute atomic E-state index is 13.1. The quantitative estimate of drug-likeness (QED) is 0.638. The molecule has 29 heavy (non-hydrogen) atoms. The lowest BCUT2D eigenvalue weighted by atomic mass is 10.0.